The second-order valence-corrected chi connectivity index (χ2v) is 13.8. The molecule has 0 aliphatic rings. The second kappa shape index (κ2) is 15.0. The number of hydrogen-bond donors (Lipinski definition) is 0. The van der Waals surface area contributed by atoms with E-state index in [1.807, 2.05) is 42.5 Å². The summed E-state index contributed by atoms with van der Waals surface area (Å²) < 4.78 is 74.6. The molecule has 0 saturated heterocycles. The van der Waals surface area contributed by atoms with Gasteiger partial charge in [0.05, 0.1) is 11.0 Å². The first-order chi connectivity index (χ1) is 31.6. The van der Waals surface area contributed by atoms with Crippen molar-refractivity contribution in [1.29, 1.82) is 0 Å². The topological polar surface area (TPSA) is 3.24 Å². The van der Waals surface area contributed by atoms with Crippen LogP contribution in [0.5, 0.6) is 0 Å². The molecule has 0 saturated carbocycles. The molecule has 57 heavy (non-hydrogen) atoms. The lowest BCUT2D eigenvalue weighted by molar-refractivity contribution is 1.28. The van der Waals surface area contributed by atoms with Crippen molar-refractivity contribution < 1.29 is 11.0 Å². The highest BCUT2D eigenvalue weighted by Crippen LogP contribution is 2.45. The zero-order chi connectivity index (χ0) is 44.9. The summed E-state index contributed by atoms with van der Waals surface area (Å²) >= 11 is 0. The molecule has 0 unspecified atom stereocenters. The zero-order valence-electron chi connectivity index (χ0n) is 38.8. The van der Waals surface area contributed by atoms with Crippen LogP contribution in [0.1, 0.15) is 11.0 Å². The number of fused-ring (bicyclic) bond motifs is 3. The van der Waals surface area contributed by atoms with Gasteiger partial charge in [-0.3, -0.25) is 0 Å². The molecule has 0 aromatic heterocycles. The molecule has 0 bridgehead atoms. The predicted molar refractivity (Wildman–Crippen MR) is 243 cm³/mol. The number of benzene rings is 10. The van der Waals surface area contributed by atoms with Gasteiger partial charge in [-0.05, 0) is 113 Å². The third-order valence-electron chi connectivity index (χ3n) is 10.4. The van der Waals surface area contributed by atoms with Crippen LogP contribution in [0.15, 0.2) is 236 Å². The van der Waals surface area contributed by atoms with Gasteiger partial charge in [-0.15, -0.1) is 0 Å². The van der Waals surface area contributed by atoms with E-state index in [1.165, 1.54) is 10.3 Å². The fraction of sp³-hybridized carbons (Fsp3) is 0. The molecule has 10 aromatic rings. The minimum Gasteiger partial charge on any atom is -0.310 e. The Bertz CT molecular complexity index is 3280. The van der Waals surface area contributed by atoms with E-state index in [0.717, 1.165) is 49.5 Å². The van der Waals surface area contributed by atoms with Crippen molar-refractivity contribution in [2.75, 3.05) is 4.90 Å². The Kier molecular flexibility index (Phi) is 6.92. The molecule has 0 aliphatic carbocycles. The first kappa shape index (κ1) is 26.3. The van der Waals surface area contributed by atoms with Gasteiger partial charge in [0, 0.05) is 17.1 Å². The SMILES string of the molecule is [2H]c1c([2H])c(N(c2cccc(-c3ccc(-c4c(-c5ccccc5)c5ccccc5c5ccccc45)cc3)c2)c2c([2H])c([2H])c(-c3ccccc3)c([2H])c2[2H])c([2H])c([2H])c1-c1ccccc1. The van der Waals surface area contributed by atoms with Crippen LogP contribution in [0, 0.1) is 0 Å². The average molecular weight is 734 g/mol. The van der Waals surface area contributed by atoms with E-state index < -0.39 is 0 Å². The lowest BCUT2D eigenvalue weighted by Crippen LogP contribution is -2.10. The lowest BCUT2D eigenvalue weighted by atomic mass is 9.85. The highest BCUT2D eigenvalue weighted by atomic mass is 15.1. The van der Waals surface area contributed by atoms with Crippen molar-refractivity contribution in [1.82, 2.24) is 0 Å². The minimum atomic E-state index is -0.388. The molecule has 0 fully saturated rings. The van der Waals surface area contributed by atoms with Gasteiger partial charge in [0.15, 0.2) is 0 Å². The van der Waals surface area contributed by atoms with E-state index in [-0.39, 0.29) is 70.8 Å². The third-order valence-corrected chi connectivity index (χ3v) is 10.4. The van der Waals surface area contributed by atoms with Gasteiger partial charge in [0.1, 0.15) is 0 Å². The molecule has 268 valence electrons. The standard InChI is InChI=1S/C56H39N/c1-4-15-40(16-5-1)42-31-35-48(36-32-42)57(49-37-33-43(34-38-49)41-17-6-2-7-18-41)50-22-14-21-47(39-50)44-27-29-46(30-28-44)56-54-26-13-11-24-52(54)51-23-10-12-25-53(51)55(56)45-19-8-3-9-20-45/h1-39H/i31D,32D,33D,34D,35D,36D,37D,38D. The zero-order valence-corrected chi connectivity index (χ0v) is 30.8. The first-order valence-electron chi connectivity index (χ1n) is 23.0. The number of nitrogens with zero attached hydrogens (tertiary/aromatic N) is 1. The first-order valence-corrected chi connectivity index (χ1v) is 19.0. The van der Waals surface area contributed by atoms with Crippen LogP contribution < -0.4 is 4.90 Å². The van der Waals surface area contributed by atoms with Crippen molar-refractivity contribution in [2.24, 2.45) is 0 Å². The van der Waals surface area contributed by atoms with E-state index in [0.29, 0.717) is 16.8 Å². The molecular formula is C56H39N. The summed E-state index contributed by atoms with van der Waals surface area (Å²) in [6.45, 7) is 0. The van der Waals surface area contributed by atoms with Crippen molar-refractivity contribution in [3.05, 3.63) is 236 Å². The summed E-state index contributed by atoms with van der Waals surface area (Å²) in [6.07, 6.45) is 0. The average Bonchev–Trinajstić information content (AvgIpc) is 3.35. The van der Waals surface area contributed by atoms with E-state index in [1.54, 1.807) is 60.7 Å². The number of rotatable bonds is 8. The van der Waals surface area contributed by atoms with Gasteiger partial charge in [-0.2, -0.15) is 0 Å². The quantitative estimate of drug-likeness (QED) is 0.141. The summed E-state index contributed by atoms with van der Waals surface area (Å²) in [4.78, 5) is 1.36. The Hall–Kier alpha value is -7.48. The molecule has 0 radical (unpaired) electrons. The Morgan fingerprint density at radius 2 is 0.596 bits per heavy atom. The van der Waals surface area contributed by atoms with Crippen molar-refractivity contribution in [3.8, 4) is 55.6 Å². The molecule has 0 amide bonds. The lowest BCUT2D eigenvalue weighted by Gasteiger charge is -2.26. The number of hydrogen-bond acceptors (Lipinski definition) is 1. The second-order valence-electron chi connectivity index (χ2n) is 13.8. The molecule has 1 nitrogen and oxygen atoms in total. The van der Waals surface area contributed by atoms with E-state index in [2.05, 4.69) is 84.9 Å². The van der Waals surface area contributed by atoms with Gasteiger partial charge < -0.3 is 4.90 Å². The Morgan fingerprint density at radius 3 is 1.07 bits per heavy atom. The maximum absolute atomic E-state index is 9.44. The number of anilines is 3. The van der Waals surface area contributed by atoms with Crippen LogP contribution in [-0.4, -0.2) is 0 Å². The predicted octanol–water partition coefficient (Wildman–Crippen LogP) is 15.8. The molecular weight excluding hydrogens is 687 g/mol. The van der Waals surface area contributed by atoms with Crippen LogP contribution in [0.2, 0.25) is 0 Å². The van der Waals surface area contributed by atoms with E-state index in [4.69, 9.17) is 0 Å². The largest absolute Gasteiger partial charge is 0.310 e. The van der Waals surface area contributed by atoms with Gasteiger partial charge in [-0.25, -0.2) is 0 Å². The van der Waals surface area contributed by atoms with Crippen LogP contribution in [0.3, 0.4) is 0 Å². The molecule has 0 N–H and O–H groups in total. The maximum Gasteiger partial charge on any atom is 0.0645 e. The van der Waals surface area contributed by atoms with Crippen LogP contribution in [-0.2, 0) is 0 Å². The summed E-state index contributed by atoms with van der Waals surface area (Å²) in [6, 6.07) is 57.9. The monoisotopic (exact) mass is 733 g/mol. The fourth-order valence-corrected chi connectivity index (χ4v) is 7.70. The summed E-state index contributed by atoms with van der Waals surface area (Å²) in [5.41, 5.74) is 7.18. The summed E-state index contributed by atoms with van der Waals surface area (Å²) in [7, 11) is 0. The summed E-state index contributed by atoms with van der Waals surface area (Å²) in [5.74, 6) is 0. The highest BCUT2D eigenvalue weighted by molar-refractivity contribution is 6.21. The highest BCUT2D eigenvalue weighted by Gasteiger charge is 2.18. The Balaban J connectivity index is 1.16. The van der Waals surface area contributed by atoms with Crippen molar-refractivity contribution in [2.45, 2.75) is 0 Å². The van der Waals surface area contributed by atoms with Crippen molar-refractivity contribution >= 4 is 38.6 Å². The minimum absolute atomic E-state index is 0.117. The van der Waals surface area contributed by atoms with Gasteiger partial charge in [-0.1, -0.05) is 200 Å². The van der Waals surface area contributed by atoms with Crippen LogP contribution in [0.4, 0.5) is 17.1 Å². The molecule has 0 atom stereocenters. The van der Waals surface area contributed by atoms with Gasteiger partial charge in [0.25, 0.3) is 0 Å². The van der Waals surface area contributed by atoms with Crippen molar-refractivity contribution in [3.63, 3.8) is 0 Å². The molecule has 10 aromatic carbocycles. The molecule has 10 rings (SSSR count). The third kappa shape index (κ3) is 6.56. The Morgan fingerprint density at radius 1 is 0.246 bits per heavy atom. The smallest absolute Gasteiger partial charge is 0.0645 e. The van der Waals surface area contributed by atoms with Crippen LogP contribution >= 0.6 is 0 Å². The normalized spacial score (nSPS) is 13.1. The van der Waals surface area contributed by atoms with Crippen LogP contribution in [0.25, 0.3) is 77.2 Å². The van der Waals surface area contributed by atoms with Gasteiger partial charge >= 0.3 is 0 Å². The van der Waals surface area contributed by atoms with E-state index in [9.17, 15) is 11.0 Å². The molecule has 0 aliphatic heterocycles. The molecule has 0 heterocycles. The molecule has 0 spiro atoms. The maximum atomic E-state index is 9.44. The van der Waals surface area contributed by atoms with Gasteiger partial charge in [0.2, 0.25) is 0 Å². The molecule has 1 heteroatoms. The summed E-state index contributed by atoms with van der Waals surface area (Å²) in [5, 5.41) is 4.62. The Labute approximate surface area is 345 Å². The fourth-order valence-electron chi connectivity index (χ4n) is 7.70. The van der Waals surface area contributed by atoms with E-state index >= 15 is 0 Å².